The molecule has 1 N–H and O–H groups in total. The number of hydrogen-bond acceptors (Lipinski definition) is 4. The Morgan fingerprint density at radius 3 is 2.74 bits per heavy atom. The molecule has 2 amide bonds. The smallest absolute Gasteiger partial charge is 0.251 e. The fourth-order valence-electron chi connectivity index (χ4n) is 2.15. The van der Waals surface area contributed by atoms with Gasteiger partial charge in [-0.25, -0.2) is 0 Å². The molecule has 0 spiro atoms. The zero-order chi connectivity index (χ0) is 13.8. The van der Waals surface area contributed by atoms with Gasteiger partial charge in [0.05, 0.1) is 13.0 Å². The van der Waals surface area contributed by atoms with Crippen molar-refractivity contribution in [1.29, 1.82) is 0 Å². The molecule has 1 aliphatic heterocycles. The maximum Gasteiger partial charge on any atom is 0.251 e. The highest BCUT2D eigenvalue weighted by Crippen LogP contribution is 2.21. The van der Waals surface area contributed by atoms with Crippen molar-refractivity contribution in [2.24, 2.45) is 0 Å². The Hall–Kier alpha value is -1.88. The minimum atomic E-state index is -0.457. The normalized spacial score (nSPS) is 19.1. The number of rotatable bonds is 5. The number of methoxy groups -OCH3 is 1. The van der Waals surface area contributed by atoms with Crippen LogP contribution >= 0.6 is 0 Å². The van der Waals surface area contributed by atoms with Gasteiger partial charge in [-0.2, -0.15) is 0 Å². The number of carbonyl (C=O) groups is 2. The number of hydrogen-bond donors (Lipinski definition) is 1. The van der Waals surface area contributed by atoms with Gasteiger partial charge in [0.15, 0.2) is 0 Å². The van der Waals surface area contributed by atoms with Crippen molar-refractivity contribution in [2.45, 2.75) is 18.9 Å². The summed E-state index contributed by atoms with van der Waals surface area (Å²) in [6.45, 7) is 0.621. The first-order chi connectivity index (χ1) is 9.13. The Balaban J connectivity index is 2.11. The average Bonchev–Trinajstić information content (AvgIpc) is 2.65. The number of nitrogens with one attached hydrogen (secondary N) is 1. The Kier molecular flexibility index (Phi) is 4.16. The lowest BCUT2D eigenvalue weighted by atomic mass is 10.1. The fourth-order valence-corrected chi connectivity index (χ4v) is 2.15. The molecule has 19 heavy (non-hydrogen) atoms. The van der Waals surface area contributed by atoms with E-state index in [0.717, 1.165) is 17.7 Å². The molecule has 1 aliphatic rings. The minimum absolute atomic E-state index is 0.142. The molecule has 0 saturated carbocycles. The molecule has 5 nitrogen and oxygen atoms in total. The molecule has 102 valence electrons. The van der Waals surface area contributed by atoms with Gasteiger partial charge in [0.25, 0.3) is 5.91 Å². The standard InChI is InChI=1S/C14H18N2O3/c1-16-13(17)9-12(14(16)18)15-11-6-4-3-5-10(11)7-8-19-2/h3-6,12,15H,7-9H2,1-2H3. The second-order valence-corrected chi connectivity index (χ2v) is 4.59. The maximum atomic E-state index is 11.9. The quantitative estimate of drug-likeness (QED) is 0.806. The number of amides is 2. The van der Waals surface area contributed by atoms with Crippen LogP contribution < -0.4 is 5.32 Å². The molecule has 1 aromatic carbocycles. The highest BCUT2D eigenvalue weighted by molar-refractivity contribution is 6.06. The summed E-state index contributed by atoms with van der Waals surface area (Å²) in [6, 6.07) is 7.31. The van der Waals surface area contributed by atoms with E-state index in [0.29, 0.717) is 6.61 Å². The van der Waals surface area contributed by atoms with Crippen molar-refractivity contribution in [3.63, 3.8) is 0 Å². The molecule has 0 bridgehead atoms. The lowest BCUT2D eigenvalue weighted by Crippen LogP contribution is -2.32. The van der Waals surface area contributed by atoms with Gasteiger partial charge < -0.3 is 10.1 Å². The van der Waals surface area contributed by atoms with Crippen LogP contribution in [0.5, 0.6) is 0 Å². The van der Waals surface area contributed by atoms with Crippen LogP contribution in [0, 0.1) is 0 Å². The second kappa shape index (κ2) is 5.84. The Morgan fingerprint density at radius 1 is 1.37 bits per heavy atom. The van der Waals surface area contributed by atoms with E-state index in [4.69, 9.17) is 4.74 Å². The zero-order valence-corrected chi connectivity index (χ0v) is 11.2. The van der Waals surface area contributed by atoms with E-state index in [-0.39, 0.29) is 18.2 Å². The number of benzene rings is 1. The molecular formula is C14H18N2O3. The summed E-state index contributed by atoms with van der Waals surface area (Å²) in [5.41, 5.74) is 1.97. The monoisotopic (exact) mass is 262 g/mol. The van der Waals surface area contributed by atoms with Crippen molar-refractivity contribution in [2.75, 3.05) is 26.1 Å². The van der Waals surface area contributed by atoms with E-state index in [2.05, 4.69) is 5.32 Å². The van der Waals surface area contributed by atoms with Gasteiger partial charge in [-0.1, -0.05) is 18.2 Å². The van der Waals surface area contributed by atoms with Crippen LogP contribution in [0.3, 0.4) is 0 Å². The summed E-state index contributed by atoms with van der Waals surface area (Å²) >= 11 is 0. The highest BCUT2D eigenvalue weighted by Gasteiger charge is 2.36. The van der Waals surface area contributed by atoms with Gasteiger partial charge in [-0.3, -0.25) is 14.5 Å². The van der Waals surface area contributed by atoms with Gasteiger partial charge in [-0.05, 0) is 18.1 Å². The molecule has 0 aliphatic carbocycles. The lowest BCUT2D eigenvalue weighted by Gasteiger charge is -2.15. The predicted molar refractivity (Wildman–Crippen MR) is 71.8 cm³/mol. The van der Waals surface area contributed by atoms with Gasteiger partial charge >= 0.3 is 0 Å². The third-order valence-electron chi connectivity index (χ3n) is 3.30. The van der Waals surface area contributed by atoms with Gasteiger partial charge in [0.2, 0.25) is 5.91 Å². The molecule has 1 fully saturated rings. The average molecular weight is 262 g/mol. The largest absolute Gasteiger partial charge is 0.384 e. The first-order valence-corrected chi connectivity index (χ1v) is 6.27. The Labute approximate surface area is 112 Å². The number of likely N-dealkylation sites (N-methyl/N-ethyl adjacent to an activating group) is 1. The summed E-state index contributed by atoms with van der Waals surface area (Å²) < 4.78 is 5.07. The molecule has 5 heteroatoms. The van der Waals surface area contributed by atoms with Crippen molar-refractivity contribution in [3.05, 3.63) is 29.8 Å². The molecule has 1 atom stereocenters. The van der Waals surface area contributed by atoms with E-state index in [1.165, 1.54) is 11.9 Å². The summed E-state index contributed by atoms with van der Waals surface area (Å²) in [6.07, 6.45) is 0.984. The summed E-state index contributed by atoms with van der Waals surface area (Å²) in [5, 5.41) is 3.16. The predicted octanol–water partition coefficient (Wildman–Crippen LogP) is 1.04. The molecule has 1 unspecified atom stereocenters. The second-order valence-electron chi connectivity index (χ2n) is 4.59. The topological polar surface area (TPSA) is 58.6 Å². The molecular weight excluding hydrogens is 244 g/mol. The van der Waals surface area contributed by atoms with Crippen molar-refractivity contribution >= 4 is 17.5 Å². The van der Waals surface area contributed by atoms with E-state index in [1.807, 2.05) is 24.3 Å². The number of carbonyl (C=O) groups excluding carboxylic acids is 2. The Morgan fingerprint density at radius 2 is 2.11 bits per heavy atom. The van der Waals surface area contributed by atoms with Gasteiger partial charge in [0, 0.05) is 19.8 Å². The molecule has 1 heterocycles. The molecule has 1 saturated heterocycles. The molecule has 1 aromatic rings. The van der Waals surface area contributed by atoms with E-state index in [9.17, 15) is 9.59 Å². The summed E-state index contributed by atoms with van der Waals surface area (Å²) in [4.78, 5) is 24.5. The third kappa shape index (κ3) is 2.93. The lowest BCUT2D eigenvalue weighted by molar-refractivity contribution is -0.136. The van der Waals surface area contributed by atoms with Crippen LogP contribution in [0.2, 0.25) is 0 Å². The molecule has 0 aromatic heterocycles. The third-order valence-corrected chi connectivity index (χ3v) is 3.30. The van der Waals surface area contributed by atoms with Crippen LogP contribution in [0.15, 0.2) is 24.3 Å². The van der Waals surface area contributed by atoms with Crippen LogP contribution in [-0.2, 0) is 20.7 Å². The molecule has 0 radical (unpaired) electrons. The van der Waals surface area contributed by atoms with Crippen molar-refractivity contribution in [1.82, 2.24) is 4.90 Å². The molecule has 2 rings (SSSR count). The summed E-state index contributed by atoms with van der Waals surface area (Å²) in [5.74, 6) is -0.316. The van der Waals surface area contributed by atoms with E-state index < -0.39 is 6.04 Å². The number of ether oxygens (including phenoxy) is 1. The SMILES string of the molecule is COCCc1ccccc1NC1CC(=O)N(C)C1=O. The minimum Gasteiger partial charge on any atom is -0.384 e. The van der Waals surface area contributed by atoms with E-state index in [1.54, 1.807) is 7.11 Å². The van der Waals surface area contributed by atoms with Crippen LogP contribution in [0.1, 0.15) is 12.0 Å². The maximum absolute atomic E-state index is 11.9. The number of nitrogens with zero attached hydrogens (tertiary/aromatic N) is 1. The van der Waals surface area contributed by atoms with Gasteiger partial charge in [-0.15, -0.1) is 0 Å². The first-order valence-electron chi connectivity index (χ1n) is 6.27. The van der Waals surface area contributed by atoms with Crippen molar-refractivity contribution < 1.29 is 14.3 Å². The number of likely N-dealkylation sites (tertiary alicyclic amines) is 1. The fraction of sp³-hybridized carbons (Fsp3) is 0.429. The van der Waals surface area contributed by atoms with Crippen LogP contribution in [0.25, 0.3) is 0 Å². The van der Waals surface area contributed by atoms with E-state index >= 15 is 0 Å². The number of anilines is 1. The van der Waals surface area contributed by atoms with Crippen LogP contribution in [0.4, 0.5) is 5.69 Å². The van der Waals surface area contributed by atoms with Crippen LogP contribution in [-0.4, -0.2) is 43.5 Å². The number of imide groups is 1. The summed E-state index contributed by atoms with van der Waals surface area (Å²) in [7, 11) is 3.17. The highest BCUT2D eigenvalue weighted by atomic mass is 16.5. The number of para-hydroxylation sites is 1. The van der Waals surface area contributed by atoms with Gasteiger partial charge in [0.1, 0.15) is 6.04 Å². The Bertz CT molecular complexity index is 487. The zero-order valence-electron chi connectivity index (χ0n) is 11.2. The van der Waals surface area contributed by atoms with Crippen molar-refractivity contribution in [3.8, 4) is 0 Å². The first kappa shape index (κ1) is 13.5.